The van der Waals surface area contributed by atoms with Crippen molar-refractivity contribution in [1.82, 2.24) is 10.2 Å². The fourth-order valence-electron chi connectivity index (χ4n) is 4.86. The third kappa shape index (κ3) is 10.3. The van der Waals surface area contributed by atoms with Crippen molar-refractivity contribution in [2.45, 2.75) is 65.5 Å². The molecule has 1 N–H and O–H groups in total. The van der Waals surface area contributed by atoms with Gasteiger partial charge in [0, 0.05) is 42.5 Å². The summed E-state index contributed by atoms with van der Waals surface area (Å²) in [6.07, 6.45) is 3.52. The second-order valence-electron chi connectivity index (χ2n) is 10.8. The van der Waals surface area contributed by atoms with Gasteiger partial charge in [0.15, 0.2) is 0 Å². The lowest BCUT2D eigenvalue weighted by Gasteiger charge is -2.32. The van der Waals surface area contributed by atoms with Crippen LogP contribution in [0.2, 0.25) is 10.0 Å². The lowest BCUT2D eigenvalue weighted by molar-refractivity contribution is -0.141. The first-order valence-corrected chi connectivity index (χ1v) is 17.1. The van der Waals surface area contributed by atoms with Gasteiger partial charge in [-0.1, -0.05) is 85.1 Å². The predicted molar refractivity (Wildman–Crippen MR) is 176 cm³/mol. The summed E-state index contributed by atoms with van der Waals surface area (Å²) in [5.74, 6) is -0.518. The quantitative estimate of drug-likeness (QED) is 0.186. The Labute approximate surface area is 266 Å². The van der Waals surface area contributed by atoms with Crippen LogP contribution in [0.15, 0.2) is 66.7 Å². The second kappa shape index (κ2) is 16.1. The smallest absolute Gasteiger partial charge is 0.243 e. The summed E-state index contributed by atoms with van der Waals surface area (Å²) < 4.78 is 26.9. The van der Waals surface area contributed by atoms with Crippen molar-refractivity contribution in [3.05, 3.63) is 99.0 Å². The maximum absolute atomic E-state index is 14.0. The second-order valence-corrected chi connectivity index (χ2v) is 13.6. The van der Waals surface area contributed by atoms with Crippen LogP contribution in [0.3, 0.4) is 0 Å². The minimum absolute atomic E-state index is 0.0373. The fourth-order valence-corrected chi connectivity index (χ4v) is 6.35. The number of hydrogen-bond donors (Lipinski definition) is 1. The first-order valence-electron chi connectivity index (χ1n) is 14.5. The summed E-state index contributed by atoms with van der Waals surface area (Å²) in [7, 11) is -3.60. The zero-order valence-electron chi connectivity index (χ0n) is 25.3. The Morgan fingerprint density at radius 2 is 1.67 bits per heavy atom. The van der Waals surface area contributed by atoms with E-state index in [0.29, 0.717) is 34.3 Å². The number of sulfonamides is 1. The molecule has 3 aromatic carbocycles. The molecule has 1 atom stereocenters. The first kappa shape index (κ1) is 34.4. The molecule has 0 aromatic heterocycles. The molecule has 0 aliphatic carbocycles. The van der Waals surface area contributed by atoms with Crippen LogP contribution < -0.4 is 9.62 Å². The molecule has 232 valence electrons. The standard InChI is InChI=1S/C33H41Cl2N3O4S/c1-5-6-18-36-33(40)31(21-26-11-8-7-9-12-26)37(23-27-16-17-28(34)22-29(27)35)32(39)13-10-19-38(43(4,41)42)30-20-24(2)14-15-25(30)3/h7-9,11-12,14-17,20,22,31H,5-6,10,13,18-19,21,23H2,1-4H3,(H,36,40)/t31-/m0/s1. The van der Waals surface area contributed by atoms with Gasteiger partial charge in [-0.15, -0.1) is 0 Å². The Morgan fingerprint density at radius 3 is 2.33 bits per heavy atom. The third-order valence-corrected chi connectivity index (χ3v) is 9.01. The fraction of sp³-hybridized carbons (Fsp3) is 0.394. The van der Waals surface area contributed by atoms with E-state index in [1.165, 1.54) is 10.6 Å². The van der Waals surface area contributed by atoms with Crippen molar-refractivity contribution in [3.8, 4) is 0 Å². The number of nitrogens with one attached hydrogen (secondary N) is 1. The van der Waals surface area contributed by atoms with Crippen LogP contribution >= 0.6 is 23.2 Å². The maximum Gasteiger partial charge on any atom is 0.243 e. The third-order valence-electron chi connectivity index (χ3n) is 7.24. The first-order chi connectivity index (χ1) is 20.4. The van der Waals surface area contributed by atoms with E-state index < -0.39 is 16.1 Å². The molecule has 2 amide bonds. The predicted octanol–water partition coefficient (Wildman–Crippen LogP) is 6.71. The molecule has 0 spiro atoms. The van der Waals surface area contributed by atoms with E-state index in [1.54, 1.807) is 23.1 Å². The molecule has 7 nitrogen and oxygen atoms in total. The number of benzene rings is 3. The van der Waals surface area contributed by atoms with E-state index in [9.17, 15) is 18.0 Å². The molecule has 0 radical (unpaired) electrons. The molecule has 0 bridgehead atoms. The number of unbranched alkanes of at least 4 members (excludes halogenated alkanes) is 1. The van der Waals surface area contributed by atoms with Crippen molar-refractivity contribution in [2.75, 3.05) is 23.7 Å². The molecular formula is C33H41Cl2N3O4S. The van der Waals surface area contributed by atoms with Crippen LogP contribution in [0.1, 0.15) is 54.9 Å². The lowest BCUT2D eigenvalue weighted by Crippen LogP contribution is -2.50. The maximum atomic E-state index is 14.0. The van der Waals surface area contributed by atoms with Crippen molar-refractivity contribution in [1.29, 1.82) is 0 Å². The van der Waals surface area contributed by atoms with Crippen LogP contribution in [0.4, 0.5) is 5.69 Å². The van der Waals surface area contributed by atoms with Crippen LogP contribution in [0.25, 0.3) is 0 Å². The molecule has 3 aromatic rings. The van der Waals surface area contributed by atoms with Crippen molar-refractivity contribution in [3.63, 3.8) is 0 Å². The monoisotopic (exact) mass is 645 g/mol. The molecule has 43 heavy (non-hydrogen) atoms. The Bertz CT molecular complexity index is 1500. The number of amides is 2. The molecule has 0 unspecified atom stereocenters. The van der Waals surface area contributed by atoms with E-state index in [1.807, 2.05) is 69.3 Å². The largest absolute Gasteiger partial charge is 0.354 e. The minimum Gasteiger partial charge on any atom is -0.354 e. The molecule has 10 heteroatoms. The van der Waals surface area contributed by atoms with Gasteiger partial charge >= 0.3 is 0 Å². The molecule has 0 fully saturated rings. The topological polar surface area (TPSA) is 86.8 Å². The van der Waals surface area contributed by atoms with E-state index >= 15 is 0 Å². The van der Waals surface area contributed by atoms with E-state index in [2.05, 4.69) is 5.32 Å². The SMILES string of the molecule is CCCCNC(=O)[C@H](Cc1ccccc1)N(Cc1ccc(Cl)cc1Cl)C(=O)CCCN(c1cc(C)ccc1C)S(C)(=O)=O. The number of anilines is 1. The zero-order valence-corrected chi connectivity index (χ0v) is 27.6. The average molecular weight is 647 g/mol. The highest BCUT2D eigenvalue weighted by atomic mass is 35.5. The van der Waals surface area contributed by atoms with E-state index in [4.69, 9.17) is 23.2 Å². The number of carbonyl (C=O) groups excluding carboxylic acids is 2. The van der Waals surface area contributed by atoms with Gasteiger partial charge in [-0.25, -0.2) is 8.42 Å². The highest BCUT2D eigenvalue weighted by molar-refractivity contribution is 7.92. The Morgan fingerprint density at radius 1 is 0.953 bits per heavy atom. The van der Waals surface area contributed by atoms with Gasteiger partial charge in [0.2, 0.25) is 21.8 Å². The van der Waals surface area contributed by atoms with Crippen LogP contribution in [0, 0.1) is 13.8 Å². The number of aryl methyl sites for hydroxylation is 2. The van der Waals surface area contributed by atoms with Crippen molar-refractivity contribution >= 4 is 50.7 Å². The van der Waals surface area contributed by atoms with Crippen LogP contribution in [-0.2, 0) is 32.6 Å². The Hall–Kier alpha value is -3.07. The minimum atomic E-state index is -3.60. The molecule has 0 saturated heterocycles. The van der Waals surface area contributed by atoms with E-state index in [0.717, 1.165) is 29.5 Å². The number of halogens is 2. The van der Waals surface area contributed by atoms with Gasteiger partial charge in [-0.3, -0.25) is 13.9 Å². The summed E-state index contributed by atoms with van der Waals surface area (Å²) in [4.78, 5) is 29.2. The van der Waals surface area contributed by atoms with Gasteiger partial charge in [0.25, 0.3) is 0 Å². The van der Waals surface area contributed by atoms with Gasteiger partial charge in [0.05, 0.1) is 11.9 Å². The summed E-state index contributed by atoms with van der Waals surface area (Å²) in [5.41, 5.74) is 3.93. The number of rotatable bonds is 15. The van der Waals surface area contributed by atoms with Crippen LogP contribution in [-0.4, -0.2) is 50.5 Å². The summed E-state index contributed by atoms with van der Waals surface area (Å²) in [6.45, 7) is 6.54. The number of nitrogens with zero attached hydrogens (tertiary/aromatic N) is 2. The molecule has 0 heterocycles. The van der Waals surface area contributed by atoms with Crippen molar-refractivity contribution in [2.24, 2.45) is 0 Å². The van der Waals surface area contributed by atoms with E-state index in [-0.39, 0.29) is 37.7 Å². The number of hydrogen-bond acceptors (Lipinski definition) is 4. The van der Waals surface area contributed by atoms with Gasteiger partial charge in [0.1, 0.15) is 6.04 Å². The summed E-state index contributed by atoms with van der Waals surface area (Å²) in [6, 6.07) is 19.5. The molecule has 3 rings (SSSR count). The zero-order chi connectivity index (χ0) is 31.6. The van der Waals surface area contributed by atoms with Gasteiger partial charge in [-0.05, 0) is 67.1 Å². The number of carbonyl (C=O) groups is 2. The molecular weight excluding hydrogens is 605 g/mol. The van der Waals surface area contributed by atoms with Crippen LogP contribution in [0.5, 0.6) is 0 Å². The van der Waals surface area contributed by atoms with Gasteiger partial charge < -0.3 is 10.2 Å². The Balaban J connectivity index is 1.92. The highest BCUT2D eigenvalue weighted by Gasteiger charge is 2.31. The normalized spacial score (nSPS) is 12.0. The molecule has 0 aliphatic heterocycles. The summed E-state index contributed by atoms with van der Waals surface area (Å²) in [5, 5.41) is 3.87. The molecule has 0 aliphatic rings. The average Bonchev–Trinajstić information content (AvgIpc) is 2.95. The Kier molecular flexibility index (Phi) is 12.9. The van der Waals surface area contributed by atoms with Crippen molar-refractivity contribution < 1.29 is 18.0 Å². The highest BCUT2D eigenvalue weighted by Crippen LogP contribution is 2.26. The van der Waals surface area contributed by atoms with Gasteiger partial charge in [-0.2, -0.15) is 0 Å². The summed E-state index contributed by atoms with van der Waals surface area (Å²) >= 11 is 12.7. The lowest BCUT2D eigenvalue weighted by atomic mass is 10.0. The molecule has 0 saturated carbocycles.